The molecule has 0 atom stereocenters. The van der Waals surface area contributed by atoms with Crippen LogP contribution in [0.1, 0.15) is 51.9 Å². The molecule has 4 aromatic rings. The van der Waals surface area contributed by atoms with Crippen molar-refractivity contribution in [1.82, 2.24) is 24.3 Å². The number of nitrogens with zero attached hydrogens (tertiary/aromatic N) is 5. The first-order chi connectivity index (χ1) is 15.6. The van der Waals surface area contributed by atoms with E-state index < -0.39 is 0 Å². The molecule has 1 fully saturated rings. The lowest BCUT2D eigenvalue weighted by Gasteiger charge is -2.10. The Labute approximate surface area is 191 Å². The number of carbonyl (C=O) groups excluding carboxylic acids is 1. The van der Waals surface area contributed by atoms with Crippen LogP contribution in [0.25, 0.3) is 5.82 Å². The summed E-state index contributed by atoms with van der Waals surface area (Å²) < 4.78 is 4.21. The van der Waals surface area contributed by atoms with Crippen LogP contribution in [0.4, 0.5) is 0 Å². The number of rotatable bonds is 8. The highest BCUT2D eigenvalue weighted by Gasteiger charge is 2.30. The van der Waals surface area contributed by atoms with Crippen LogP contribution in [0, 0.1) is 13.8 Å². The van der Waals surface area contributed by atoms with Gasteiger partial charge in [-0.15, -0.1) is 10.2 Å². The van der Waals surface area contributed by atoms with Crippen molar-refractivity contribution in [3.63, 3.8) is 0 Å². The van der Waals surface area contributed by atoms with Crippen molar-refractivity contribution in [2.45, 2.75) is 44.3 Å². The molecule has 0 radical (unpaired) electrons. The van der Waals surface area contributed by atoms with E-state index in [1.54, 1.807) is 6.20 Å². The SMILES string of the molecule is Cc1cc(C(=O)CSc2nnc(C3CC3)n2Cc2ccccc2)c(C)n1-c1ccccn1. The van der Waals surface area contributed by atoms with Crippen molar-refractivity contribution in [2.24, 2.45) is 0 Å². The monoisotopic (exact) mass is 443 g/mol. The number of thioether (sulfide) groups is 1. The van der Waals surface area contributed by atoms with Crippen molar-refractivity contribution in [2.75, 3.05) is 5.75 Å². The van der Waals surface area contributed by atoms with E-state index in [-0.39, 0.29) is 5.78 Å². The molecular weight excluding hydrogens is 418 g/mol. The third-order valence-corrected chi connectivity index (χ3v) is 6.78. The van der Waals surface area contributed by atoms with Crippen molar-refractivity contribution >= 4 is 17.5 Å². The maximum absolute atomic E-state index is 13.1. The van der Waals surface area contributed by atoms with Crippen molar-refractivity contribution in [3.05, 3.63) is 89.1 Å². The lowest BCUT2D eigenvalue weighted by molar-refractivity contribution is 0.102. The van der Waals surface area contributed by atoms with Gasteiger partial charge < -0.3 is 9.13 Å². The summed E-state index contributed by atoms with van der Waals surface area (Å²) in [5.74, 6) is 2.77. The normalized spacial score (nSPS) is 13.4. The average molecular weight is 444 g/mol. The van der Waals surface area contributed by atoms with Crippen LogP contribution in [0.15, 0.2) is 66.0 Å². The van der Waals surface area contributed by atoms with Crippen LogP contribution >= 0.6 is 11.8 Å². The summed E-state index contributed by atoms with van der Waals surface area (Å²) in [5, 5.41) is 9.72. The molecule has 0 aliphatic heterocycles. The van der Waals surface area contributed by atoms with Gasteiger partial charge in [-0.3, -0.25) is 4.79 Å². The van der Waals surface area contributed by atoms with E-state index in [0.29, 0.717) is 11.7 Å². The Morgan fingerprint density at radius 2 is 1.84 bits per heavy atom. The fourth-order valence-corrected chi connectivity index (χ4v) is 4.88. The van der Waals surface area contributed by atoms with Gasteiger partial charge in [0.25, 0.3) is 0 Å². The molecule has 0 spiro atoms. The van der Waals surface area contributed by atoms with Crippen LogP contribution in [-0.4, -0.2) is 35.9 Å². The Balaban J connectivity index is 1.36. The summed E-state index contributed by atoms with van der Waals surface area (Å²) in [7, 11) is 0. The quantitative estimate of drug-likeness (QED) is 0.284. The molecule has 32 heavy (non-hydrogen) atoms. The number of hydrogen-bond acceptors (Lipinski definition) is 5. The number of aromatic nitrogens is 5. The highest BCUT2D eigenvalue weighted by Crippen LogP contribution is 2.40. The van der Waals surface area contributed by atoms with E-state index >= 15 is 0 Å². The molecule has 1 aliphatic carbocycles. The summed E-state index contributed by atoms with van der Waals surface area (Å²) in [5.41, 5.74) is 3.85. The topological polar surface area (TPSA) is 65.6 Å². The zero-order chi connectivity index (χ0) is 22.1. The molecular formula is C25H25N5OS. The predicted octanol–water partition coefficient (Wildman–Crippen LogP) is 4.98. The number of ketones is 1. The van der Waals surface area contributed by atoms with E-state index in [1.165, 1.54) is 17.3 Å². The van der Waals surface area contributed by atoms with Gasteiger partial charge in [0.05, 0.1) is 12.3 Å². The number of carbonyl (C=O) groups is 1. The van der Waals surface area contributed by atoms with Gasteiger partial charge in [0, 0.05) is 29.1 Å². The van der Waals surface area contributed by atoms with Crippen LogP contribution in [0.5, 0.6) is 0 Å². The van der Waals surface area contributed by atoms with E-state index in [4.69, 9.17) is 0 Å². The summed E-state index contributed by atoms with van der Waals surface area (Å²) in [6.07, 6.45) is 4.09. The van der Waals surface area contributed by atoms with Gasteiger partial charge in [0.2, 0.25) is 0 Å². The molecule has 6 nitrogen and oxygen atoms in total. The van der Waals surface area contributed by atoms with E-state index in [0.717, 1.165) is 53.1 Å². The van der Waals surface area contributed by atoms with Crippen LogP contribution in [-0.2, 0) is 6.54 Å². The van der Waals surface area contributed by atoms with Gasteiger partial charge in [0.15, 0.2) is 10.9 Å². The molecule has 0 saturated heterocycles. The molecule has 0 amide bonds. The molecule has 1 saturated carbocycles. The van der Waals surface area contributed by atoms with Crippen molar-refractivity contribution in [1.29, 1.82) is 0 Å². The second kappa shape index (κ2) is 8.74. The molecule has 1 aliphatic rings. The lowest BCUT2D eigenvalue weighted by Crippen LogP contribution is -2.09. The molecule has 5 rings (SSSR count). The second-order valence-corrected chi connectivity index (χ2v) is 9.15. The fraction of sp³-hybridized carbons (Fsp3) is 0.280. The van der Waals surface area contributed by atoms with Gasteiger partial charge in [-0.2, -0.15) is 0 Å². The third-order valence-electron chi connectivity index (χ3n) is 5.81. The molecule has 7 heteroatoms. The first-order valence-electron chi connectivity index (χ1n) is 10.8. The minimum absolute atomic E-state index is 0.0903. The maximum Gasteiger partial charge on any atom is 0.191 e. The molecule has 0 N–H and O–H groups in total. The standard InChI is InChI=1S/C25H25N5OS/c1-17-14-21(18(2)30(17)23-10-6-7-13-26-23)22(31)16-32-25-28-27-24(20-11-12-20)29(25)15-19-8-4-3-5-9-19/h3-10,13-14,20H,11-12,15-16H2,1-2H3. The van der Waals surface area contributed by atoms with Crippen LogP contribution < -0.4 is 0 Å². The van der Waals surface area contributed by atoms with E-state index in [2.05, 4.69) is 31.9 Å². The maximum atomic E-state index is 13.1. The number of hydrogen-bond donors (Lipinski definition) is 0. The zero-order valence-corrected chi connectivity index (χ0v) is 19.0. The number of aryl methyl sites for hydroxylation is 1. The Morgan fingerprint density at radius 1 is 1.06 bits per heavy atom. The summed E-state index contributed by atoms with van der Waals surface area (Å²) in [6, 6.07) is 18.1. The minimum atomic E-state index is 0.0903. The number of pyridine rings is 1. The minimum Gasteiger partial charge on any atom is -0.302 e. The molecule has 3 heterocycles. The molecule has 3 aromatic heterocycles. The van der Waals surface area contributed by atoms with Gasteiger partial charge in [-0.05, 0) is 50.5 Å². The van der Waals surface area contributed by atoms with Gasteiger partial charge in [0.1, 0.15) is 11.6 Å². The highest BCUT2D eigenvalue weighted by atomic mass is 32.2. The Kier molecular flexibility index (Phi) is 5.66. The largest absolute Gasteiger partial charge is 0.302 e. The van der Waals surface area contributed by atoms with Crippen molar-refractivity contribution < 1.29 is 4.79 Å². The number of benzene rings is 1. The summed E-state index contributed by atoms with van der Waals surface area (Å²) in [4.78, 5) is 17.6. The third kappa shape index (κ3) is 4.12. The molecule has 0 bridgehead atoms. The Morgan fingerprint density at radius 3 is 2.56 bits per heavy atom. The summed E-state index contributed by atoms with van der Waals surface area (Å²) >= 11 is 1.47. The highest BCUT2D eigenvalue weighted by molar-refractivity contribution is 7.99. The lowest BCUT2D eigenvalue weighted by atomic mass is 10.2. The van der Waals surface area contributed by atoms with Crippen molar-refractivity contribution in [3.8, 4) is 5.82 Å². The van der Waals surface area contributed by atoms with Crippen LogP contribution in [0.3, 0.4) is 0 Å². The fourth-order valence-electron chi connectivity index (χ4n) is 4.06. The molecule has 0 unspecified atom stereocenters. The average Bonchev–Trinajstić information content (AvgIpc) is 3.51. The summed E-state index contributed by atoms with van der Waals surface area (Å²) in [6.45, 7) is 4.71. The first-order valence-corrected chi connectivity index (χ1v) is 11.8. The Hall–Kier alpha value is -3.19. The van der Waals surface area contributed by atoms with E-state index in [1.807, 2.05) is 60.9 Å². The molecule has 162 valence electrons. The van der Waals surface area contributed by atoms with Crippen LogP contribution in [0.2, 0.25) is 0 Å². The first kappa shape index (κ1) is 20.7. The number of Topliss-reactive ketones (excluding diaryl/α,β-unsaturated/α-hetero) is 1. The second-order valence-electron chi connectivity index (χ2n) is 8.21. The molecule has 1 aromatic carbocycles. The van der Waals surface area contributed by atoms with E-state index in [9.17, 15) is 4.79 Å². The smallest absolute Gasteiger partial charge is 0.191 e. The van der Waals surface area contributed by atoms with Gasteiger partial charge in [-0.25, -0.2) is 4.98 Å². The zero-order valence-electron chi connectivity index (χ0n) is 18.2. The van der Waals surface area contributed by atoms with Gasteiger partial charge in [-0.1, -0.05) is 48.2 Å². The Bertz CT molecular complexity index is 1240. The van der Waals surface area contributed by atoms with Gasteiger partial charge >= 0.3 is 0 Å². The predicted molar refractivity (Wildman–Crippen MR) is 126 cm³/mol.